The lowest BCUT2D eigenvalue weighted by atomic mass is 10.0. The molecule has 54 valence electrons. The lowest BCUT2D eigenvalue weighted by molar-refractivity contribution is 0.585. The van der Waals surface area contributed by atoms with Crippen LogP contribution >= 0.6 is 11.6 Å². The SMILES string of the molecule is CCC(C)CC(=N)CCl. The minimum absolute atomic E-state index is 0.393. The molecule has 0 bridgehead atoms. The van der Waals surface area contributed by atoms with Crippen molar-refractivity contribution in [1.82, 2.24) is 0 Å². The smallest absolute Gasteiger partial charge is 0.0601 e. The Morgan fingerprint density at radius 3 is 2.56 bits per heavy atom. The van der Waals surface area contributed by atoms with Crippen molar-refractivity contribution in [3.8, 4) is 0 Å². The number of nitrogens with one attached hydrogen (secondary N) is 1. The number of halogens is 1. The summed E-state index contributed by atoms with van der Waals surface area (Å²) in [4.78, 5) is 0. The first-order chi connectivity index (χ1) is 4.20. The van der Waals surface area contributed by atoms with Crippen LogP contribution in [0.1, 0.15) is 26.7 Å². The van der Waals surface area contributed by atoms with E-state index in [2.05, 4.69) is 13.8 Å². The zero-order valence-electron chi connectivity index (χ0n) is 6.08. The number of hydrogen-bond donors (Lipinski definition) is 1. The van der Waals surface area contributed by atoms with Gasteiger partial charge < -0.3 is 5.41 Å². The van der Waals surface area contributed by atoms with E-state index in [0.717, 1.165) is 12.8 Å². The van der Waals surface area contributed by atoms with Gasteiger partial charge in [0.05, 0.1) is 5.88 Å². The van der Waals surface area contributed by atoms with Crippen LogP contribution in [0.3, 0.4) is 0 Å². The molecule has 0 aromatic heterocycles. The van der Waals surface area contributed by atoms with E-state index < -0.39 is 0 Å². The van der Waals surface area contributed by atoms with E-state index in [1.165, 1.54) is 0 Å². The number of rotatable bonds is 4. The highest BCUT2D eigenvalue weighted by Gasteiger charge is 2.01. The maximum atomic E-state index is 7.24. The second-order valence-corrected chi connectivity index (χ2v) is 2.72. The van der Waals surface area contributed by atoms with Crippen molar-refractivity contribution >= 4 is 17.3 Å². The topological polar surface area (TPSA) is 23.9 Å². The van der Waals surface area contributed by atoms with Crippen molar-refractivity contribution in [2.75, 3.05) is 5.88 Å². The molecule has 1 nitrogen and oxygen atoms in total. The van der Waals surface area contributed by atoms with Gasteiger partial charge >= 0.3 is 0 Å². The molecule has 0 aliphatic carbocycles. The molecule has 0 amide bonds. The highest BCUT2D eigenvalue weighted by atomic mass is 35.5. The maximum Gasteiger partial charge on any atom is 0.0601 e. The fraction of sp³-hybridized carbons (Fsp3) is 0.857. The van der Waals surface area contributed by atoms with E-state index in [1.807, 2.05) is 0 Å². The van der Waals surface area contributed by atoms with Crippen LogP contribution in [0.2, 0.25) is 0 Å². The second kappa shape index (κ2) is 4.80. The predicted octanol–water partition coefficient (Wildman–Crippen LogP) is 2.68. The summed E-state index contributed by atoms with van der Waals surface area (Å²) in [6.07, 6.45) is 2.00. The average Bonchev–Trinajstić information content (AvgIpc) is 1.87. The monoisotopic (exact) mass is 147 g/mol. The summed E-state index contributed by atoms with van der Waals surface area (Å²) < 4.78 is 0. The average molecular weight is 148 g/mol. The van der Waals surface area contributed by atoms with Gasteiger partial charge in [-0.05, 0) is 12.3 Å². The van der Waals surface area contributed by atoms with Crippen LogP contribution in [0.4, 0.5) is 0 Å². The van der Waals surface area contributed by atoms with E-state index in [9.17, 15) is 0 Å². The molecule has 1 atom stereocenters. The first kappa shape index (κ1) is 8.96. The number of hydrogen-bond acceptors (Lipinski definition) is 1. The van der Waals surface area contributed by atoms with Gasteiger partial charge in [-0.2, -0.15) is 0 Å². The molecule has 2 heteroatoms. The Bertz CT molecular complexity index is 90.9. The fourth-order valence-corrected chi connectivity index (χ4v) is 0.729. The summed E-state index contributed by atoms with van der Waals surface area (Å²) in [5.41, 5.74) is 0.658. The summed E-state index contributed by atoms with van der Waals surface area (Å²) in [7, 11) is 0. The molecule has 0 rings (SSSR count). The molecular weight excluding hydrogens is 134 g/mol. The van der Waals surface area contributed by atoms with Crippen LogP contribution in [0, 0.1) is 11.3 Å². The Morgan fingerprint density at radius 1 is 1.67 bits per heavy atom. The fourth-order valence-electron chi connectivity index (χ4n) is 0.620. The quantitative estimate of drug-likeness (QED) is 0.467. The van der Waals surface area contributed by atoms with Crippen molar-refractivity contribution in [3.05, 3.63) is 0 Å². The third kappa shape index (κ3) is 4.46. The van der Waals surface area contributed by atoms with Crippen molar-refractivity contribution in [1.29, 1.82) is 5.41 Å². The third-order valence-electron chi connectivity index (χ3n) is 1.45. The van der Waals surface area contributed by atoms with Gasteiger partial charge in [0, 0.05) is 5.71 Å². The van der Waals surface area contributed by atoms with Gasteiger partial charge in [-0.15, -0.1) is 11.6 Å². The van der Waals surface area contributed by atoms with Gasteiger partial charge in [0.1, 0.15) is 0 Å². The van der Waals surface area contributed by atoms with Crippen LogP contribution in [0.15, 0.2) is 0 Å². The zero-order chi connectivity index (χ0) is 7.28. The van der Waals surface area contributed by atoms with E-state index in [1.54, 1.807) is 0 Å². The van der Waals surface area contributed by atoms with Gasteiger partial charge in [0.2, 0.25) is 0 Å². The Kier molecular flexibility index (Phi) is 4.78. The number of alkyl halides is 1. The molecule has 1 unspecified atom stereocenters. The first-order valence-electron chi connectivity index (χ1n) is 3.33. The molecule has 0 aromatic rings. The lowest BCUT2D eigenvalue weighted by Gasteiger charge is -2.05. The Balaban J connectivity index is 3.34. The highest BCUT2D eigenvalue weighted by Crippen LogP contribution is 2.06. The van der Waals surface area contributed by atoms with Crippen molar-refractivity contribution in [3.63, 3.8) is 0 Å². The summed E-state index contributed by atoms with van der Waals surface area (Å²) >= 11 is 5.43. The van der Waals surface area contributed by atoms with Crippen LogP contribution in [-0.4, -0.2) is 11.6 Å². The van der Waals surface area contributed by atoms with Gasteiger partial charge in [0.15, 0.2) is 0 Å². The molecule has 0 spiro atoms. The minimum atomic E-state index is 0.393. The van der Waals surface area contributed by atoms with Gasteiger partial charge in [-0.3, -0.25) is 0 Å². The molecule has 1 N–H and O–H groups in total. The summed E-state index contributed by atoms with van der Waals surface area (Å²) in [6, 6.07) is 0. The van der Waals surface area contributed by atoms with E-state index in [4.69, 9.17) is 17.0 Å². The molecule has 0 saturated heterocycles. The van der Waals surface area contributed by atoms with Crippen molar-refractivity contribution in [2.45, 2.75) is 26.7 Å². The largest absolute Gasteiger partial charge is 0.308 e. The summed E-state index contributed by atoms with van der Waals surface area (Å²) in [6.45, 7) is 4.27. The van der Waals surface area contributed by atoms with E-state index >= 15 is 0 Å². The molecule has 0 radical (unpaired) electrons. The van der Waals surface area contributed by atoms with Crippen LogP contribution in [0.5, 0.6) is 0 Å². The summed E-state index contributed by atoms with van der Waals surface area (Å²) in [5, 5.41) is 7.24. The Hall–Kier alpha value is -0.0400. The normalized spacial score (nSPS) is 13.2. The van der Waals surface area contributed by atoms with E-state index in [0.29, 0.717) is 17.5 Å². The molecule has 0 heterocycles. The predicted molar refractivity (Wildman–Crippen MR) is 42.5 cm³/mol. The second-order valence-electron chi connectivity index (χ2n) is 2.45. The molecule has 0 aliphatic heterocycles. The molecule has 0 aromatic carbocycles. The molecule has 0 fully saturated rings. The molecule has 9 heavy (non-hydrogen) atoms. The molecular formula is C7H14ClN. The maximum absolute atomic E-state index is 7.24. The van der Waals surface area contributed by atoms with Gasteiger partial charge in [-0.25, -0.2) is 0 Å². The Labute approximate surface area is 61.9 Å². The van der Waals surface area contributed by atoms with Crippen molar-refractivity contribution < 1.29 is 0 Å². The van der Waals surface area contributed by atoms with Crippen LogP contribution < -0.4 is 0 Å². The lowest BCUT2D eigenvalue weighted by Crippen LogP contribution is -2.04. The van der Waals surface area contributed by atoms with Gasteiger partial charge in [0.25, 0.3) is 0 Å². The molecule has 0 aliphatic rings. The van der Waals surface area contributed by atoms with Crippen molar-refractivity contribution in [2.24, 2.45) is 5.92 Å². The third-order valence-corrected chi connectivity index (χ3v) is 1.78. The van der Waals surface area contributed by atoms with Crippen LogP contribution in [0.25, 0.3) is 0 Å². The Morgan fingerprint density at radius 2 is 2.22 bits per heavy atom. The van der Waals surface area contributed by atoms with Crippen LogP contribution in [-0.2, 0) is 0 Å². The minimum Gasteiger partial charge on any atom is -0.308 e. The first-order valence-corrected chi connectivity index (χ1v) is 3.86. The van der Waals surface area contributed by atoms with E-state index in [-0.39, 0.29) is 0 Å². The highest BCUT2D eigenvalue weighted by molar-refractivity contribution is 6.28. The zero-order valence-corrected chi connectivity index (χ0v) is 6.83. The molecule has 0 saturated carbocycles. The summed E-state index contributed by atoms with van der Waals surface area (Å²) in [5.74, 6) is 1.01. The standard InChI is InChI=1S/C7H14ClN/c1-3-6(2)4-7(9)5-8/h6,9H,3-5H2,1-2H3. The van der Waals surface area contributed by atoms with Gasteiger partial charge in [-0.1, -0.05) is 20.3 Å².